The lowest BCUT2D eigenvalue weighted by molar-refractivity contribution is 0.0601. The van der Waals surface area contributed by atoms with E-state index < -0.39 is 0 Å². The maximum atomic E-state index is 13.4. The summed E-state index contributed by atoms with van der Waals surface area (Å²) in [6.07, 6.45) is 5.05. The van der Waals surface area contributed by atoms with Crippen LogP contribution in [0.3, 0.4) is 0 Å². The first-order valence-electron chi connectivity index (χ1n) is 11.5. The molecule has 0 fully saturated rings. The van der Waals surface area contributed by atoms with Crippen molar-refractivity contribution in [2.45, 2.75) is 39.2 Å². The Balaban J connectivity index is 1.64. The largest absolute Gasteiger partial charge is 0.465 e. The van der Waals surface area contributed by atoms with Crippen LogP contribution in [0, 0.1) is 0 Å². The fourth-order valence-electron chi connectivity index (χ4n) is 4.02. The molecule has 2 heterocycles. The molecule has 0 unspecified atom stereocenters. The summed E-state index contributed by atoms with van der Waals surface area (Å²) < 4.78 is 6.63. The zero-order valence-corrected chi connectivity index (χ0v) is 20.3. The quantitative estimate of drug-likeness (QED) is 0.292. The number of hydrogen-bond donors (Lipinski definition) is 0. The van der Waals surface area contributed by atoms with Gasteiger partial charge in [-0.25, -0.2) is 9.78 Å². The minimum atomic E-state index is -0.359. The van der Waals surface area contributed by atoms with E-state index in [9.17, 15) is 9.59 Å². The highest BCUT2D eigenvalue weighted by atomic mass is 32.1. The Hall–Kier alpha value is -3.51. The molecule has 0 bridgehead atoms. The van der Waals surface area contributed by atoms with E-state index in [0.29, 0.717) is 18.5 Å². The van der Waals surface area contributed by atoms with E-state index in [-0.39, 0.29) is 11.5 Å². The Kier molecular flexibility index (Phi) is 7.70. The van der Waals surface area contributed by atoms with Gasteiger partial charge in [0.15, 0.2) is 0 Å². The molecular weight excluding hydrogens is 444 g/mol. The summed E-state index contributed by atoms with van der Waals surface area (Å²) in [5.74, 6) is -0.359. The van der Waals surface area contributed by atoms with Crippen molar-refractivity contribution < 1.29 is 9.53 Å². The number of esters is 1. The second-order valence-corrected chi connectivity index (χ2v) is 9.23. The Bertz CT molecular complexity index is 1310. The summed E-state index contributed by atoms with van der Waals surface area (Å²) in [6.45, 7) is 2.68. The van der Waals surface area contributed by atoms with Gasteiger partial charge in [0.25, 0.3) is 5.56 Å². The Labute approximate surface area is 203 Å². The third kappa shape index (κ3) is 5.34. The number of rotatable bonds is 9. The van der Waals surface area contributed by atoms with Gasteiger partial charge in [-0.05, 0) is 47.0 Å². The van der Waals surface area contributed by atoms with E-state index >= 15 is 0 Å². The van der Waals surface area contributed by atoms with Crippen LogP contribution < -0.4 is 5.56 Å². The highest BCUT2D eigenvalue weighted by molar-refractivity contribution is 7.09. The van der Waals surface area contributed by atoms with Gasteiger partial charge in [-0.1, -0.05) is 61.9 Å². The van der Waals surface area contributed by atoms with Gasteiger partial charge >= 0.3 is 5.97 Å². The fraction of sp³-hybridized carbons (Fsp3) is 0.250. The van der Waals surface area contributed by atoms with Crippen molar-refractivity contribution >= 4 is 17.3 Å². The third-order valence-electron chi connectivity index (χ3n) is 5.87. The topological polar surface area (TPSA) is 61.2 Å². The number of aromatic nitrogens is 2. The normalized spacial score (nSPS) is 10.9. The Morgan fingerprint density at radius 1 is 1.06 bits per heavy atom. The van der Waals surface area contributed by atoms with E-state index in [2.05, 4.69) is 11.9 Å². The molecule has 174 valence electrons. The lowest BCUT2D eigenvalue weighted by Gasteiger charge is -2.13. The van der Waals surface area contributed by atoms with Crippen molar-refractivity contribution in [1.82, 2.24) is 9.55 Å². The number of nitrogens with zero attached hydrogens (tertiary/aromatic N) is 2. The number of carbonyl (C=O) groups excluding carboxylic acids is 1. The highest BCUT2D eigenvalue weighted by Crippen LogP contribution is 2.25. The molecule has 0 amide bonds. The number of unbranched alkanes of at least 4 members (excludes halogenated alkanes) is 1. The number of benzene rings is 2. The monoisotopic (exact) mass is 472 g/mol. The summed E-state index contributed by atoms with van der Waals surface area (Å²) in [7, 11) is 1.39. The van der Waals surface area contributed by atoms with Crippen LogP contribution in [-0.2, 0) is 24.1 Å². The van der Waals surface area contributed by atoms with Crippen LogP contribution in [0.2, 0.25) is 0 Å². The van der Waals surface area contributed by atoms with Crippen LogP contribution in [0.4, 0.5) is 0 Å². The van der Waals surface area contributed by atoms with E-state index in [4.69, 9.17) is 4.74 Å². The van der Waals surface area contributed by atoms with Crippen LogP contribution in [0.1, 0.15) is 51.8 Å². The summed E-state index contributed by atoms with van der Waals surface area (Å²) in [4.78, 5) is 31.4. The van der Waals surface area contributed by atoms with E-state index in [0.717, 1.165) is 52.1 Å². The van der Waals surface area contributed by atoms with Crippen LogP contribution >= 0.6 is 11.3 Å². The summed E-state index contributed by atoms with van der Waals surface area (Å²) in [5.41, 5.74) is 4.98. The lowest BCUT2D eigenvalue weighted by Crippen LogP contribution is -2.27. The summed E-state index contributed by atoms with van der Waals surface area (Å²) in [5, 5.41) is 2.02. The predicted octanol–water partition coefficient (Wildman–Crippen LogP) is 5.74. The van der Waals surface area contributed by atoms with Crippen LogP contribution in [0.25, 0.3) is 11.1 Å². The van der Waals surface area contributed by atoms with Gasteiger partial charge in [0.2, 0.25) is 0 Å². The maximum Gasteiger partial charge on any atom is 0.338 e. The summed E-state index contributed by atoms with van der Waals surface area (Å²) in [6, 6.07) is 19.4. The molecule has 0 radical (unpaired) electrons. The number of carbonyl (C=O) groups is 1. The van der Waals surface area contributed by atoms with Gasteiger partial charge in [-0.15, -0.1) is 11.3 Å². The predicted molar refractivity (Wildman–Crippen MR) is 137 cm³/mol. The molecule has 4 rings (SSSR count). The fourth-order valence-corrected chi connectivity index (χ4v) is 4.72. The van der Waals surface area contributed by atoms with Crippen LogP contribution in [0.5, 0.6) is 0 Å². The zero-order chi connectivity index (χ0) is 23.9. The van der Waals surface area contributed by atoms with Crippen molar-refractivity contribution in [2.75, 3.05) is 7.11 Å². The molecule has 2 aromatic heterocycles. The second-order valence-electron chi connectivity index (χ2n) is 8.20. The van der Waals surface area contributed by atoms with Crippen molar-refractivity contribution in [3.05, 3.63) is 110 Å². The molecule has 0 atom stereocenters. The van der Waals surface area contributed by atoms with Gasteiger partial charge in [-0.2, -0.15) is 0 Å². The zero-order valence-electron chi connectivity index (χ0n) is 19.5. The minimum Gasteiger partial charge on any atom is -0.465 e. The first-order valence-corrected chi connectivity index (χ1v) is 12.3. The van der Waals surface area contributed by atoms with E-state index in [1.54, 1.807) is 28.3 Å². The summed E-state index contributed by atoms with van der Waals surface area (Å²) >= 11 is 1.64. The number of methoxy groups -OCH3 is 1. The van der Waals surface area contributed by atoms with Crippen LogP contribution in [-0.4, -0.2) is 22.6 Å². The molecule has 34 heavy (non-hydrogen) atoms. The van der Waals surface area contributed by atoms with Crippen molar-refractivity contribution in [3.8, 4) is 11.1 Å². The number of thiophene rings is 1. The average Bonchev–Trinajstić information content (AvgIpc) is 3.39. The molecule has 5 nitrogen and oxygen atoms in total. The van der Waals surface area contributed by atoms with Gasteiger partial charge in [0, 0.05) is 16.9 Å². The van der Waals surface area contributed by atoms with Gasteiger partial charge in [0.1, 0.15) is 0 Å². The molecular formula is C28H28N2O3S. The molecule has 0 saturated carbocycles. The second kappa shape index (κ2) is 11.1. The van der Waals surface area contributed by atoms with Crippen molar-refractivity contribution in [1.29, 1.82) is 0 Å². The van der Waals surface area contributed by atoms with Crippen molar-refractivity contribution in [2.24, 2.45) is 0 Å². The van der Waals surface area contributed by atoms with E-state index in [1.807, 2.05) is 60.0 Å². The third-order valence-corrected chi connectivity index (χ3v) is 6.73. The molecule has 0 spiro atoms. The SMILES string of the molecule is CCCCc1ncn(Cc2cccs2)c(=O)c1Cc1ccc(-c2ccccc2C(=O)OC)cc1. The smallest absolute Gasteiger partial charge is 0.338 e. The molecule has 0 aliphatic heterocycles. The van der Waals surface area contributed by atoms with Gasteiger partial charge in [0.05, 0.1) is 31.2 Å². The lowest BCUT2D eigenvalue weighted by atomic mass is 9.96. The van der Waals surface area contributed by atoms with Crippen LogP contribution in [0.15, 0.2) is 77.2 Å². The number of aryl methyl sites for hydroxylation is 1. The van der Waals surface area contributed by atoms with Crippen molar-refractivity contribution in [3.63, 3.8) is 0 Å². The number of ether oxygens (including phenoxy) is 1. The molecule has 0 saturated heterocycles. The molecule has 0 N–H and O–H groups in total. The Morgan fingerprint density at radius 2 is 1.85 bits per heavy atom. The van der Waals surface area contributed by atoms with Gasteiger partial charge < -0.3 is 4.74 Å². The Morgan fingerprint density at radius 3 is 2.56 bits per heavy atom. The van der Waals surface area contributed by atoms with E-state index in [1.165, 1.54) is 7.11 Å². The molecule has 6 heteroatoms. The molecule has 0 aliphatic carbocycles. The standard InChI is InChI=1S/C28H28N2O3S/c1-3-4-11-26-25(27(31)30(19-29-26)18-22-8-7-16-34-22)17-20-12-14-21(15-13-20)23-9-5-6-10-24(23)28(32)33-2/h5-10,12-16,19H,3-4,11,17-18H2,1-2H3. The average molecular weight is 473 g/mol. The first-order chi connectivity index (χ1) is 16.6. The highest BCUT2D eigenvalue weighted by Gasteiger charge is 2.15. The minimum absolute atomic E-state index is 0.0228. The number of hydrogen-bond acceptors (Lipinski definition) is 5. The maximum absolute atomic E-state index is 13.4. The first kappa shape index (κ1) is 23.6. The molecule has 2 aromatic carbocycles. The van der Waals surface area contributed by atoms with Gasteiger partial charge in [-0.3, -0.25) is 9.36 Å². The molecule has 4 aromatic rings. The molecule has 0 aliphatic rings.